The van der Waals surface area contributed by atoms with Gasteiger partial charge in [-0.25, -0.2) is 9.37 Å². The minimum atomic E-state index is -0.447. The van der Waals surface area contributed by atoms with Crippen LogP contribution in [-0.2, 0) is 4.74 Å². The highest BCUT2D eigenvalue weighted by atomic mass is 32.1. The highest BCUT2D eigenvalue weighted by molar-refractivity contribution is 7.21. The van der Waals surface area contributed by atoms with E-state index in [0.717, 1.165) is 5.56 Å². The number of rotatable bonds is 5. The molecule has 0 spiro atoms. The molecule has 1 amide bonds. The Labute approximate surface area is 214 Å². The van der Waals surface area contributed by atoms with Crippen molar-refractivity contribution in [3.8, 4) is 22.4 Å². The average Bonchev–Trinajstić information content (AvgIpc) is 3.53. The highest BCUT2D eigenvalue weighted by Crippen LogP contribution is 2.41. The molecule has 4 heterocycles. The van der Waals surface area contributed by atoms with Crippen LogP contribution >= 0.6 is 11.3 Å². The topological polar surface area (TPSA) is 110 Å². The highest BCUT2D eigenvalue weighted by Gasteiger charge is 2.26. The van der Waals surface area contributed by atoms with Gasteiger partial charge in [0.15, 0.2) is 0 Å². The van der Waals surface area contributed by atoms with Crippen molar-refractivity contribution in [3.05, 3.63) is 77.6 Å². The predicted octanol–water partition coefficient (Wildman–Crippen LogP) is 3.85. The molecular formula is C26H22FN6O3S+. The second-order valence-corrected chi connectivity index (χ2v) is 9.46. The molecule has 11 heteroatoms. The molecule has 1 aliphatic heterocycles. The van der Waals surface area contributed by atoms with Crippen molar-refractivity contribution in [1.29, 1.82) is 0 Å². The fourth-order valence-corrected chi connectivity index (χ4v) is 5.30. The largest absolute Gasteiger partial charge is 0.397 e. The van der Waals surface area contributed by atoms with Crippen LogP contribution in [0.5, 0.6) is 0 Å². The number of hydrogen-bond donors (Lipinski definition) is 2. The molecule has 0 bridgehead atoms. The molecule has 0 aliphatic carbocycles. The molecule has 1 fully saturated rings. The van der Waals surface area contributed by atoms with Crippen LogP contribution in [0.3, 0.4) is 0 Å². The summed E-state index contributed by atoms with van der Waals surface area (Å²) >= 11 is 1.17. The zero-order valence-electron chi connectivity index (χ0n) is 19.6. The lowest BCUT2D eigenvalue weighted by atomic mass is 9.99. The third kappa shape index (κ3) is 4.50. The quantitative estimate of drug-likeness (QED) is 0.341. The number of hydrogen-bond acceptors (Lipinski definition) is 8. The van der Waals surface area contributed by atoms with Gasteiger partial charge in [-0.05, 0) is 29.3 Å². The number of nitrogen functional groups attached to an aromatic ring is 1. The molecule has 0 atom stereocenters. The van der Waals surface area contributed by atoms with Crippen LogP contribution in [0.4, 0.5) is 16.0 Å². The van der Waals surface area contributed by atoms with E-state index < -0.39 is 5.91 Å². The van der Waals surface area contributed by atoms with E-state index in [1.807, 2.05) is 47.5 Å². The molecule has 37 heavy (non-hydrogen) atoms. The lowest BCUT2D eigenvalue weighted by Crippen LogP contribution is -2.62. The summed E-state index contributed by atoms with van der Waals surface area (Å²) in [4.78, 5) is 20.4. The number of aromatic nitrogens is 3. The number of carbonyl (C=O) groups is 1. The van der Waals surface area contributed by atoms with Crippen LogP contribution in [-0.4, -0.2) is 42.5 Å². The standard InChI is InChI=1S/C26H21FN6O3S/c27-18-8-4-7-17(13-18)19-14-20(16-5-2-1-3-6-16)29-26-22(19)23(28)24(37-26)25(34)30-21-15-33(31-36-21)32-9-11-35-12-10-32/h1-8,13-15H,9-12H2,(H2-,28,30,31,34)/p+1. The van der Waals surface area contributed by atoms with Gasteiger partial charge in [0.2, 0.25) is 5.27 Å². The number of nitrogens with zero attached hydrogens (tertiary/aromatic N) is 4. The third-order valence-electron chi connectivity index (χ3n) is 6.08. The van der Waals surface area contributed by atoms with Gasteiger partial charge >= 0.3 is 5.88 Å². The van der Waals surface area contributed by atoms with Gasteiger partial charge in [0.25, 0.3) is 12.1 Å². The zero-order valence-corrected chi connectivity index (χ0v) is 20.4. The number of benzene rings is 2. The van der Waals surface area contributed by atoms with E-state index in [1.165, 1.54) is 23.5 Å². The molecule has 5 aromatic rings. The summed E-state index contributed by atoms with van der Waals surface area (Å²) in [5.41, 5.74) is 9.72. The first-order valence-corrected chi connectivity index (χ1v) is 12.5. The summed E-state index contributed by atoms with van der Waals surface area (Å²) in [5.74, 6) is -0.636. The van der Waals surface area contributed by atoms with Crippen LogP contribution in [0.25, 0.3) is 32.6 Å². The summed E-state index contributed by atoms with van der Waals surface area (Å²) in [6, 6.07) is 17.8. The molecule has 0 saturated carbocycles. The fraction of sp³-hybridized carbons (Fsp3) is 0.154. The minimum absolute atomic E-state index is 0.177. The summed E-state index contributed by atoms with van der Waals surface area (Å²) < 4.78 is 24.8. The number of carbonyl (C=O) groups excluding carboxylic acids is 1. The minimum Gasteiger partial charge on any atom is -0.397 e. The Kier molecular flexibility index (Phi) is 5.99. The Morgan fingerprint density at radius 2 is 1.86 bits per heavy atom. The molecular weight excluding hydrogens is 495 g/mol. The number of morpholine rings is 1. The Morgan fingerprint density at radius 3 is 2.65 bits per heavy atom. The molecule has 186 valence electrons. The van der Waals surface area contributed by atoms with Crippen LogP contribution in [0.15, 0.2) is 71.4 Å². The van der Waals surface area contributed by atoms with Crippen LogP contribution < -0.4 is 20.9 Å². The Morgan fingerprint density at radius 1 is 1.08 bits per heavy atom. The third-order valence-corrected chi connectivity index (χ3v) is 7.18. The number of fused-ring (bicyclic) bond motifs is 1. The first-order valence-electron chi connectivity index (χ1n) is 11.6. The molecule has 0 radical (unpaired) electrons. The zero-order chi connectivity index (χ0) is 25.4. The van der Waals surface area contributed by atoms with Gasteiger partial charge in [0.1, 0.15) is 15.5 Å². The van der Waals surface area contributed by atoms with Gasteiger partial charge in [-0.15, -0.1) is 16.3 Å². The van der Waals surface area contributed by atoms with Crippen molar-refractivity contribution in [2.24, 2.45) is 0 Å². The monoisotopic (exact) mass is 517 g/mol. The number of amides is 1. The molecule has 0 unspecified atom stereocenters. The number of nitrogens with two attached hydrogens (primary N) is 1. The lowest BCUT2D eigenvalue weighted by Gasteiger charge is -2.18. The van der Waals surface area contributed by atoms with Crippen LogP contribution in [0, 0.1) is 5.82 Å². The van der Waals surface area contributed by atoms with Gasteiger partial charge in [0, 0.05) is 10.9 Å². The number of halogens is 1. The number of anilines is 2. The average molecular weight is 518 g/mol. The van der Waals surface area contributed by atoms with Crippen molar-refractivity contribution in [2.75, 3.05) is 42.4 Å². The Hall–Kier alpha value is -4.35. The first kappa shape index (κ1) is 23.1. The maximum Gasteiger partial charge on any atom is 0.306 e. The van der Waals surface area contributed by atoms with E-state index in [1.54, 1.807) is 17.1 Å². The van der Waals surface area contributed by atoms with Gasteiger partial charge < -0.3 is 10.5 Å². The van der Waals surface area contributed by atoms with E-state index in [-0.39, 0.29) is 22.3 Å². The maximum absolute atomic E-state index is 14.2. The van der Waals surface area contributed by atoms with Gasteiger partial charge in [-0.2, -0.15) is 0 Å². The molecule has 1 saturated heterocycles. The smallest absolute Gasteiger partial charge is 0.306 e. The molecule has 1 aliphatic rings. The maximum atomic E-state index is 14.2. The number of pyridine rings is 1. The molecule has 9 nitrogen and oxygen atoms in total. The van der Waals surface area contributed by atoms with E-state index in [0.29, 0.717) is 53.3 Å². The van der Waals surface area contributed by atoms with Crippen molar-refractivity contribution in [2.45, 2.75) is 0 Å². The van der Waals surface area contributed by atoms with Crippen molar-refractivity contribution in [1.82, 2.24) is 10.3 Å². The Bertz CT molecular complexity index is 1600. The molecule has 6 rings (SSSR count). The van der Waals surface area contributed by atoms with E-state index >= 15 is 0 Å². The summed E-state index contributed by atoms with van der Waals surface area (Å²) in [6.45, 7) is 2.50. The lowest BCUT2D eigenvalue weighted by molar-refractivity contribution is -0.759. The molecule has 3 N–H and O–H groups in total. The van der Waals surface area contributed by atoms with Crippen LogP contribution in [0.2, 0.25) is 0 Å². The number of nitrogens with one attached hydrogen (secondary N) is 1. The van der Waals surface area contributed by atoms with Crippen molar-refractivity contribution < 1.29 is 23.2 Å². The fourth-order valence-electron chi connectivity index (χ4n) is 4.28. The van der Waals surface area contributed by atoms with E-state index in [2.05, 4.69) is 10.6 Å². The van der Waals surface area contributed by atoms with Crippen LogP contribution in [0.1, 0.15) is 9.67 Å². The molecule has 3 aromatic heterocycles. The van der Waals surface area contributed by atoms with E-state index in [9.17, 15) is 9.18 Å². The van der Waals surface area contributed by atoms with E-state index in [4.69, 9.17) is 20.0 Å². The second-order valence-electron chi connectivity index (χ2n) is 8.46. The van der Waals surface area contributed by atoms with Crippen molar-refractivity contribution in [3.63, 3.8) is 0 Å². The first-order chi connectivity index (χ1) is 18.1. The number of thiophene rings is 1. The Balaban J connectivity index is 1.39. The number of ether oxygens (including phenoxy) is 1. The molecule has 2 aromatic carbocycles. The normalized spacial score (nSPS) is 13.7. The summed E-state index contributed by atoms with van der Waals surface area (Å²) in [7, 11) is 0. The summed E-state index contributed by atoms with van der Waals surface area (Å²) in [6.07, 6.45) is 1.59. The van der Waals surface area contributed by atoms with Crippen molar-refractivity contribution >= 4 is 39.0 Å². The second kappa shape index (κ2) is 9.60. The SMILES string of the molecule is Nc1c(C(=O)Nc2c[n+](N3CCOCC3)no2)sc2nc(-c3ccccc3)cc(-c3cccc(F)c3)c12. The predicted molar refractivity (Wildman–Crippen MR) is 138 cm³/mol. The van der Waals surface area contributed by atoms with Gasteiger partial charge in [-0.3, -0.25) is 14.6 Å². The van der Waals surface area contributed by atoms with Gasteiger partial charge in [0.05, 0.1) is 42.5 Å². The van der Waals surface area contributed by atoms with Gasteiger partial charge in [-0.1, -0.05) is 42.5 Å². The summed E-state index contributed by atoms with van der Waals surface area (Å²) in [5, 5.41) is 9.25.